The van der Waals surface area contributed by atoms with Gasteiger partial charge >= 0.3 is 6.03 Å². The summed E-state index contributed by atoms with van der Waals surface area (Å²) in [6.45, 7) is 0.871. The zero-order chi connectivity index (χ0) is 19.9. The fourth-order valence-electron chi connectivity index (χ4n) is 4.19. The third kappa shape index (κ3) is 2.66. The molecule has 2 aliphatic rings. The molecular formula is C21H23N3O4. The summed E-state index contributed by atoms with van der Waals surface area (Å²) in [7, 11) is 4.91. The predicted octanol–water partition coefficient (Wildman–Crippen LogP) is 2.86. The van der Waals surface area contributed by atoms with E-state index in [9.17, 15) is 9.59 Å². The smallest absolute Gasteiger partial charge is 0.321 e. The zero-order valence-electron chi connectivity index (χ0n) is 16.2. The second kappa shape index (κ2) is 6.74. The molecule has 0 saturated carbocycles. The standard InChI is InChI=1S/C21H23N3O4/c1-23-17-7-5-4-6-15(17)21(19(23)25)10-11-24(13-21)20(26)22-16-9-8-14(27-2)12-18(16)28-3/h4-9,12H,10-11,13H2,1-3H3,(H,22,26)/t21-/m0/s1. The number of hydrogen-bond donors (Lipinski definition) is 1. The van der Waals surface area contributed by atoms with Crippen LogP contribution in [0.1, 0.15) is 12.0 Å². The monoisotopic (exact) mass is 381 g/mol. The minimum atomic E-state index is -0.660. The molecule has 0 aromatic heterocycles. The lowest BCUT2D eigenvalue weighted by molar-refractivity contribution is -0.122. The highest BCUT2D eigenvalue weighted by atomic mass is 16.5. The molecule has 7 nitrogen and oxygen atoms in total. The van der Waals surface area contributed by atoms with Gasteiger partial charge in [-0.25, -0.2) is 4.79 Å². The van der Waals surface area contributed by atoms with Crippen molar-refractivity contribution in [2.24, 2.45) is 0 Å². The topological polar surface area (TPSA) is 71.1 Å². The molecule has 0 unspecified atom stereocenters. The highest BCUT2D eigenvalue weighted by molar-refractivity contribution is 6.08. The molecule has 2 aromatic carbocycles. The molecule has 28 heavy (non-hydrogen) atoms. The van der Waals surface area contributed by atoms with Crippen molar-refractivity contribution in [3.05, 3.63) is 48.0 Å². The van der Waals surface area contributed by atoms with Crippen LogP contribution in [0.3, 0.4) is 0 Å². The summed E-state index contributed by atoms with van der Waals surface area (Å²) in [5.41, 5.74) is 1.82. The zero-order valence-corrected chi connectivity index (χ0v) is 16.2. The number of nitrogens with zero attached hydrogens (tertiary/aromatic N) is 2. The highest BCUT2D eigenvalue weighted by Gasteiger charge is 2.54. The van der Waals surface area contributed by atoms with E-state index in [0.717, 1.165) is 11.3 Å². The van der Waals surface area contributed by atoms with Gasteiger partial charge in [0.15, 0.2) is 0 Å². The van der Waals surface area contributed by atoms with Crippen molar-refractivity contribution < 1.29 is 19.1 Å². The Morgan fingerprint density at radius 3 is 2.68 bits per heavy atom. The number of fused-ring (bicyclic) bond motifs is 2. The molecule has 2 aliphatic heterocycles. The van der Waals surface area contributed by atoms with Crippen LogP contribution < -0.4 is 19.7 Å². The van der Waals surface area contributed by atoms with E-state index in [4.69, 9.17) is 9.47 Å². The number of urea groups is 1. The molecule has 1 fully saturated rings. The number of likely N-dealkylation sites (N-methyl/N-ethyl adjacent to an activating group) is 1. The van der Waals surface area contributed by atoms with Gasteiger partial charge in [0.05, 0.1) is 25.3 Å². The van der Waals surface area contributed by atoms with Gasteiger partial charge in [0.1, 0.15) is 11.5 Å². The van der Waals surface area contributed by atoms with Gasteiger partial charge in [-0.15, -0.1) is 0 Å². The summed E-state index contributed by atoms with van der Waals surface area (Å²) in [4.78, 5) is 29.3. The van der Waals surface area contributed by atoms with Crippen molar-refractivity contribution in [2.75, 3.05) is 44.6 Å². The van der Waals surface area contributed by atoms with E-state index in [1.54, 1.807) is 49.3 Å². The first kappa shape index (κ1) is 18.2. The van der Waals surface area contributed by atoms with E-state index in [-0.39, 0.29) is 11.9 Å². The largest absolute Gasteiger partial charge is 0.497 e. The molecule has 3 amide bonds. The van der Waals surface area contributed by atoms with Crippen LogP contribution in [0.2, 0.25) is 0 Å². The number of rotatable bonds is 3. The van der Waals surface area contributed by atoms with Gasteiger partial charge in [-0.3, -0.25) is 4.79 Å². The van der Waals surface area contributed by atoms with Crippen LogP contribution in [0.15, 0.2) is 42.5 Å². The third-order valence-corrected chi connectivity index (χ3v) is 5.70. The van der Waals surface area contributed by atoms with Crippen LogP contribution in [-0.4, -0.2) is 51.2 Å². The maximum Gasteiger partial charge on any atom is 0.321 e. The Kier molecular flexibility index (Phi) is 4.37. The fraction of sp³-hybridized carbons (Fsp3) is 0.333. The summed E-state index contributed by atoms with van der Waals surface area (Å²) in [6, 6.07) is 12.8. The molecule has 2 aromatic rings. The minimum absolute atomic E-state index is 0.0472. The quantitative estimate of drug-likeness (QED) is 0.888. The highest BCUT2D eigenvalue weighted by Crippen LogP contribution is 2.46. The van der Waals surface area contributed by atoms with Crippen molar-refractivity contribution in [1.29, 1.82) is 0 Å². The molecule has 1 N–H and O–H groups in total. The Morgan fingerprint density at radius 1 is 1.14 bits per heavy atom. The fourth-order valence-corrected chi connectivity index (χ4v) is 4.19. The maximum absolute atomic E-state index is 13.0. The number of benzene rings is 2. The summed E-state index contributed by atoms with van der Waals surface area (Å²) in [5.74, 6) is 1.21. The van der Waals surface area contributed by atoms with Gasteiger partial charge in [-0.1, -0.05) is 18.2 Å². The molecule has 0 bridgehead atoms. The summed E-state index contributed by atoms with van der Waals surface area (Å²) < 4.78 is 10.5. The summed E-state index contributed by atoms with van der Waals surface area (Å²) in [5, 5.41) is 2.89. The molecular weight excluding hydrogens is 358 g/mol. The van der Waals surface area contributed by atoms with E-state index in [1.807, 2.05) is 24.3 Å². The number of hydrogen-bond acceptors (Lipinski definition) is 4. The second-order valence-corrected chi connectivity index (χ2v) is 7.13. The lowest BCUT2D eigenvalue weighted by Gasteiger charge is -2.24. The van der Waals surface area contributed by atoms with Crippen molar-refractivity contribution >= 4 is 23.3 Å². The predicted molar refractivity (Wildman–Crippen MR) is 106 cm³/mol. The molecule has 7 heteroatoms. The van der Waals surface area contributed by atoms with Gasteiger partial charge in [-0.2, -0.15) is 0 Å². The second-order valence-electron chi connectivity index (χ2n) is 7.13. The third-order valence-electron chi connectivity index (χ3n) is 5.70. The van der Waals surface area contributed by atoms with E-state index >= 15 is 0 Å². The Morgan fingerprint density at radius 2 is 1.93 bits per heavy atom. The molecule has 1 atom stereocenters. The maximum atomic E-state index is 13.0. The van der Waals surface area contributed by atoms with E-state index in [2.05, 4.69) is 5.32 Å². The number of amides is 3. The normalized spacial score (nSPS) is 20.5. The molecule has 0 aliphatic carbocycles. The lowest BCUT2D eigenvalue weighted by Crippen LogP contribution is -2.42. The Balaban J connectivity index is 1.55. The van der Waals surface area contributed by atoms with E-state index in [1.165, 1.54) is 0 Å². The number of anilines is 2. The number of likely N-dealkylation sites (tertiary alicyclic amines) is 1. The molecule has 1 spiro atoms. The lowest BCUT2D eigenvalue weighted by atomic mass is 9.81. The number of nitrogens with one attached hydrogen (secondary N) is 1. The van der Waals surface area contributed by atoms with Gasteiger partial charge in [0.25, 0.3) is 0 Å². The van der Waals surface area contributed by atoms with Crippen LogP contribution in [-0.2, 0) is 10.2 Å². The van der Waals surface area contributed by atoms with E-state index < -0.39 is 5.41 Å². The molecule has 146 valence electrons. The Hall–Kier alpha value is -3.22. The van der Waals surface area contributed by atoms with Crippen molar-refractivity contribution in [3.63, 3.8) is 0 Å². The van der Waals surface area contributed by atoms with Gasteiger partial charge in [-0.05, 0) is 30.2 Å². The molecule has 4 rings (SSSR count). The van der Waals surface area contributed by atoms with Crippen LogP contribution in [0.4, 0.5) is 16.2 Å². The van der Waals surface area contributed by atoms with Crippen LogP contribution >= 0.6 is 0 Å². The summed E-state index contributed by atoms with van der Waals surface area (Å²) in [6.07, 6.45) is 0.611. The molecule has 2 heterocycles. The number of carbonyl (C=O) groups excluding carboxylic acids is 2. The Bertz CT molecular complexity index is 945. The minimum Gasteiger partial charge on any atom is -0.497 e. The van der Waals surface area contributed by atoms with Gasteiger partial charge in [0.2, 0.25) is 5.91 Å². The first-order valence-electron chi connectivity index (χ1n) is 9.16. The van der Waals surface area contributed by atoms with E-state index in [0.29, 0.717) is 36.7 Å². The SMILES string of the molecule is COc1ccc(NC(=O)N2CC[C@@]3(C2)C(=O)N(C)c2ccccc23)c(OC)c1. The van der Waals surface area contributed by atoms with Crippen LogP contribution in [0.25, 0.3) is 0 Å². The Labute approximate surface area is 163 Å². The average molecular weight is 381 g/mol. The first-order chi connectivity index (χ1) is 13.5. The van der Waals surface area contributed by atoms with Crippen molar-refractivity contribution in [2.45, 2.75) is 11.8 Å². The average Bonchev–Trinajstić information content (AvgIpc) is 3.26. The van der Waals surface area contributed by atoms with Crippen molar-refractivity contribution in [3.8, 4) is 11.5 Å². The van der Waals surface area contributed by atoms with Crippen LogP contribution in [0, 0.1) is 0 Å². The number of ether oxygens (including phenoxy) is 2. The first-order valence-corrected chi connectivity index (χ1v) is 9.16. The molecule has 0 radical (unpaired) electrons. The number of para-hydroxylation sites is 1. The number of carbonyl (C=O) groups is 2. The van der Waals surface area contributed by atoms with Crippen molar-refractivity contribution in [1.82, 2.24) is 4.90 Å². The number of methoxy groups -OCH3 is 2. The van der Waals surface area contributed by atoms with Gasteiger partial charge < -0.3 is 24.6 Å². The summed E-state index contributed by atoms with van der Waals surface area (Å²) >= 11 is 0. The molecule has 1 saturated heterocycles. The van der Waals surface area contributed by atoms with Gasteiger partial charge in [0, 0.05) is 31.9 Å². The van der Waals surface area contributed by atoms with Crippen LogP contribution in [0.5, 0.6) is 11.5 Å².